The van der Waals surface area contributed by atoms with Gasteiger partial charge in [0.1, 0.15) is 0 Å². The Labute approximate surface area is 88.2 Å². The van der Waals surface area contributed by atoms with Gasteiger partial charge in [0, 0.05) is 11.6 Å². The molecular formula is C10H13ClN2O. The molecule has 14 heavy (non-hydrogen) atoms. The summed E-state index contributed by atoms with van der Waals surface area (Å²) in [5, 5.41) is 3.34. The first-order valence-electron chi connectivity index (χ1n) is 4.38. The van der Waals surface area contributed by atoms with E-state index < -0.39 is 6.04 Å². The van der Waals surface area contributed by atoms with Gasteiger partial charge in [-0.05, 0) is 18.6 Å². The molecule has 1 aromatic rings. The lowest BCUT2D eigenvalue weighted by atomic mass is 10.2. The summed E-state index contributed by atoms with van der Waals surface area (Å²) in [6, 6.07) is 6.88. The second-order valence-electron chi connectivity index (χ2n) is 3.10. The number of amides is 1. The van der Waals surface area contributed by atoms with E-state index in [9.17, 15) is 4.79 Å². The van der Waals surface area contributed by atoms with E-state index in [1.54, 1.807) is 13.0 Å². The van der Waals surface area contributed by atoms with Gasteiger partial charge < -0.3 is 11.1 Å². The average Bonchev–Trinajstić information content (AvgIpc) is 2.16. The maximum Gasteiger partial charge on any atom is 0.236 e. The number of benzene rings is 1. The lowest BCUT2D eigenvalue weighted by Crippen LogP contribution is -2.37. The van der Waals surface area contributed by atoms with E-state index in [-0.39, 0.29) is 5.91 Å². The molecule has 3 N–H and O–H groups in total. The minimum Gasteiger partial charge on any atom is -0.351 e. The largest absolute Gasteiger partial charge is 0.351 e. The maximum absolute atomic E-state index is 11.1. The number of carbonyl (C=O) groups excluding carboxylic acids is 1. The molecule has 1 atom stereocenters. The van der Waals surface area contributed by atoms with Crippen LogP contribution in [0.2, 0.25) is 5.02 Å². The molecule has 0 aliphatic carbocycles. The highest BCUT2D eigenvalue weighted by molar-refractivity contribution is 6.31. The molecular weight excluding hydrogens is 200 g/mol. The van der Waals surface area contributed by atoms with Crippen molar-refractivity contribution in [2.45, 2.75) is 19.5 Å². The standard InChI is InChI=1S/C10H13ClN2O/c1-7(12)10(14)13-6-8-4-2-3-5-9(8)11/h2-5,7H,6,12H2,1H3,(H,13,14). The molecule has 4 heteroatoms. The zero-order valence-electron chi connectivity index (χ0n) is 7.96. The van der Waals surface area contributed by atoms with Crippen molar-refractivity contribution in [1.29, 1.82) is 0 Å². The Bertz CT molecular complexity index is 326. The van der Waals surface area contributed by atoms with Gasteiger partial charge in [-0.2, -0.15) is 0 Å². The van der Waals surface area contributed by atoms with Crippen molar-refractivity contribution in [3.8, 4) is 0 Å². The predicted octanol–water partition coefficient (Wildman–Crippen LogP) is 1.30. The Morgan fingerprint density at radius 2 is 2.21 bits per heavy atom. The molecule has 1 aromatic carbocycles. The Balaban J connectivity index is 2.54. The first-order chi connectivity index (χ1) is 6.61. The van der Waals surface area contributed by atoms with E-state index in [1.165, 1.54) is 0 Å². The highest BCUT2D eigenvalue weighted by Crippen LogP contribution is 2.14. The minimum absolute atomic E-state index is 0.176. The summed E-state index contributed by atoms with van der Waals surface area (Å²) in [7, 11) is 0. The van der Waals surface area contributed by atoms with E-state index in [0.29, 0.717) is 11.6 Å². The Morgan fingerprint density at radius 3 is 2.79 bits per heavy atom. The van der Waals surface area contributed by atoms with Crippen LogP contribution in [0.1, 0.15) is 12.5 Å². The lowest BCUT2D eigenvalue weighted by Gasteiger charge is -2.08. The van der Waals surface area contributed by atoms with E-state index in [2.05, 4.69) is 5.32 Å². The smallest absolute Gasteiger partial charge is 0.236 e. The summed E-state index contributed by atoms with van der Waals surface area (Å²) < 4.78 is 0. The number of hydrogen-bond acceptors (Lipinski definition) is 2. The Kier molecular flexibility index (Phi) is 3.92. The molecule has 0 heterocycles. The van der Waals surface area contributed by atoms with Crippen LogP contribution in [-0.4, -0.2) is 11.9 Å². The number of hydrogen-bond donors (Lipinski definition) is 2. The summed E-state index contributed by atoms with van der Waals surface area (Å²) >= 11 is 5.90. The van der Waals surface area contributed by atoms with Crippen molar-refractivity contribution in [2.75, 3.05) is 0 Å². The second kappa shape index (κ2) is 4.98. The van der Waals surface area contributed by atoms with Gasteiger partial charge in [0.25, 0.3) is 0 Å². The van der Waals surface area contributed by atoms with Crippen LogP contribution in [0.4, 0.5) is 0 Å². The van der Waals surface area contributed by atoms with Crippen LogP contribution in [0.3, 0.4) is 0 Å². The molecule has 1 unspecified atom stereocenters. The summed E-state index contributed by atoms with van der Waals surface area (Å²) in [5.74, 6) is -0.176. The molecule has 76 valence electrons. The van der Waals surface area contributed by atoms with Crippen LogP contribution in [0.25, 0.3) is 0 Å². The molecule has 0 aromatic heterocycles. The van der Waals surface area contributed by atoms with E-state index >= 15 is 0 Å². The van der Waals surface area contributed by atoms with Gasteiger partial charge >= 0.3 is 0 Å². The number of carbonyl (C=O) groups is 1. The van der Waals surface area contributed by atoms with Crippen LogP contribution >= 0.6 is 11.6 Å². The molecule has 0 spiro atoms. The molecule has 0 fully saturated rings. The fourth-order valence-corrected chi connectivity index (χ4v) is 1.19. The third-order valence-electron chi connectivity index (χ3n) is 1.82. The molecule has 0 bridgehead atoms. The van der Waals surface area contributed by atoms with Crippen molar-refractivity contribution in [3.05, 3.63) is 34.9 Å². The molecule has 0 saturated carbocycles. The molecule has 0 saturated heterocycles. The van der Waals surface area contributed by atoms with E-state index in [4.69, 9.17) is 17.3 Å². The van der Waals surface area contributed by atoms with Gasteiger partial charge in [-0.3, -0.25) is 4.79 Å². The average molecular weight is 213 g/mol. The fourth-order valence-electron chi connectivity index (χ4n) is 0.985. The third kappa shape index (κ3) is 3.01. The predicted molar refractivity (Wildman–Crippen MR) is 56.9 cm³/mol. The Hall–Kier alpha value is -1.06. The zero-order chi connectivity index (χ0) is 10.6. The number of nitrogens with one attached hydrogen (secondary N) is 1. The highest BCUT2D eigenvalue weighted by atomic mass is 35.5. The van der Waals surface area contributed by atoms with Gasteiger partial charge in [0.2, 0.25) is 5.91 Å². The summed E-state index contributed by atoms with van der Waals surface area (Å²) in [4.78, 5) is 11.1. The number of nitrogens with two attached hydrogens (primary N) is 1. The fraction of sp³-hybridized carbons (Fsp3) is 0.300. The quantitative estimate of drug-likeness (QED) is 0.794. The van der Waals surface area contributed by atoms with Crippen LogP contribution < -0.4 is 11.1 Å². The van der Waals surface area contributed by atoms with Crippen molar-refractivity contribution < 1.29 is 4.79 Å². The molecule has 3 nitrogen and oxygen atoms in total. The van der Waals surface area contributed by atoms with Gasteiger partial charge in [0.05, 0.1) is 6.04 Å². The number of rotatable bonds is 3. The van der Waals surface area contributed by atoms with Crippen molar-refractivity contribution >= 4 is 17.5 Å². The summed E-state index contributed by atoms with van der Waals surface area (Å²) in [6.45, 7) is 2.06. The van der Waals surface area contributed by atoms with Gasteiger partial charge in [-0.1, -0.05) is 29.8 Å². The molecule has 0 aliphatic heterocycles. The van der Waals surface area contributed by atoms with E-state index in [1.807, 2.05) is 18.2 Å². The van der Waals surface area contributed by atoms with Gasteiger partial charge in [0.15, 0.2) is 0 Å². The SMILES string of the molecule is CC(N)C(=O)NCc1ccccc1Cl. The summed E-state index contributed by atoms with van der Waals surface area (Å²) in [6.07, 6.45) is 0. The summed E-state index contributed by atoms with van der Waals surface area (Å²) in [5.41, 5.74) is 6.28. The number of halogens is 1. The monoisotopic (exact) mass is 212 g/mol. The van der Waals surface area contributed by atoms with Crippen LogP contribution in [0.5, 0.6) is 0 Å². The molecule has 1 rings (SSSR count). The molecule has 1 amide bonds. The normalized spacial score (nSPS) is 12.2. The van der Waals surface area contributed by atoms with Crippen LogP contribution in [0, 0.1) is 0 Å². The van der Waals surface area contributed by atoms with Crippen LogP contribution in [-0.2, 0) is 11.3 Å². The van der Waals surface area contributed by atoms with Crippen molar-refractivity contribution in [3.63, 3.8) is 0 Å². The topological polar surface area (TPSA) is 55.1 Å². The third-order valence-corrected chi connectivity index (χ3v) is 2.19. The van der Waals surface area contributed by atoms with Crippen LogP contribution in [0.15, 0.2) is 24.3 Å². The Morgan fingerprint density at radius 1 is 1.57 bits per heavy atom. The first kappa shape index (κ1) is 11.0. The lowest BCUT2D eigenvalue weighted by molar-refractivity contribution is -0.122. The van der Waals surface area contributed by atoms with Crippen molar-refractivity contribution in [1.82, 2.24) is 5.32 Å². The van der Waals surface area contributed by atoms with Gasteiger partial charge in [-0.25, -0.2) is 0 Å². The minimum atomic E-state index is -0.488. The maximum atomic E-state index is 11.1. The van der Waals surface area contributed by atoms with E-state index in [0.717, 1.165) is 5.56 Å². The second-order valence-corrected chi connectivity index (χ2v) is 3.51. The van der Waals surface area contributed by atoms with Crippen molar-refractivity contribution in [2.24, 2.45) is 5.73 Å². The van der Waals surface area contributed by atoms with Gasteiger partial charge in [-0.15, -0.1) is 0 Å². The zero-order valence-corrected chi connectivity index (χ0v) is 8.71. The first-order valence-corrected chi connectivity index (χ1v) is 4.75. The molecule has 0 aliphatic rings. The highest BCUT2D eigenvalue weighted by Gasteiger charge is 2.06. The molecule has 0 radical (unpaired) electrons.